The molecule has 17 heavy (non-hydrogen) atoms. The van der Waals surface area contributed by atoms with Crippen molar-refractivity contribution < 1.29 is 9.84 Å². The molecule has 0 bridgehead atoms. The van der Waals surface area contributed by atoms with E-state index in [1.54, 1.807) is 0 Å². The van der Waals surface area contributed by atoms with Crippen molar-refractivity contribution in [2.24, 2.45) is 5.92 Å². The quantitative estimate of drug-likeness (QED) is 0.870. The van der Waals surface area contributed by atoms with Crippen LogP contribution in [-0.4, -0.2) is 17.3 Å². The second kappa shape index (κ2) is 5.54. The topological polar surface area (TPSA) is 29.5 Å². The molecule has 2 nitrogen and oxygen atoms in total. The van der Waals surface area contributed by atoms with E-state index in [0.29, 0.717) is 5.92 Å². The molecular formula is C15H22O2. The van der Waals surface area contributed by atoms with Crippen LogP contribution in [0.4, 0.5) is 0 Å². The Hall–Kier alpha value is -1.02. The third-order valence-electron chi connectivity index (χ3n) is 3.61. The molecule has 1 aliphatic carbocycles. The predicted octanol–water partition coefficient (Wildman–Crippen LogP) is 3.18. The molecule has 0 spiro atoms. The second-order valence-electron chi connectivity index (χ2n) is 5.14. The molecular weight excluding hydrogens is 212 g/mol. The molecule has 1 N–H and O–H groups in total. The van der Waals surface area contributed by atoms with Crippen molar-refractivity contribution in [3.05, 3.63) is 29.8 Å². The summed E-state index contributed by atoms with van der Waals surface area (Å²) >= 11 is 0. The van der Waals surface area contributed by atoms with Gasteiger partial charge >= 0.3 is 0 Å². The lowest BCUT2D eigenvalue weighted by Crippen LogP contribution is -2.37. The first-order valence-corrected chi connectivity index (χ1v) is 6.62. The Balaban J connectivity index is 2.03. The number of rotatable bonds is 3. The highest BCUT2D eigenvalue weighted by Crippen LogP contribution is 2.28. The highest BCUT2D eigenvalue weighted by atomic mass is 16.5. The SMILES string of the molecule is CCc1cccc(OC2CC(C)CCC2O)c1. The van der Waals surface area contributed by atoms with E-state index in [-0.39, 0.29) is 12.2 Å². The van der Waals surface area contributed by atoms with Crippen LogP contribution in [0.15, 0.2) is 24.3 Å². The van der Waals surface area contributed by atoms with Gasteiger partial charge in [-0.2, -0.15) is 0 Å². The number of benzene rings is 1. The first-order valence-electron chi connectivity index (χ1n) is 6.62. The molecule has 1 saturated carbocycles. The summed E-state index contributed by atoms with van der Waals surface area (Å²) in [6.07, 6.45) is 3.59. The van der Waals surface area contributed by atoms with Crippen molar-refractivity contribution in [2.45, 2.75) is 51.7 Å². The van der Waals surface area contributed by atoms with Crippen LogP contribution in [0, 0.1) is 5.92 Å². The zero-order valence-corrected chi connectivity index (χ0v) is 10.7. The van der Waals surface area contributed by atoms with Gasteiger partial charge in [0.2, 0.25) is 0 Å². The molecule has 0 amide bonds. The first-order chi connectivity index (χ1) is 8.19. The van der Waals surface area contributed by atoms with E-state index in [0.717, 1.165) is 31.4 Å². The molecule has 1 aromatic rings. The fraction of sp³-hybridized carbons (Fsp3) is 0.600. The van der Waals surface area contributed by atoms with E-state index in [1.807, 2.05) is 12.1 Å². The Morgan fingerprint density at radius 1 is 1.35 bits per heavy atom. The van der Waals surface area contributed by atoms with E-state index >= 15 is 0 Å². The smallest absolute Gasteiger partial charge is 0.125 e. The number of ether oxygens (including phenoxy) is 1. The van der Waals surface area contributed by atoms with E-state index in [9.17, 15) is 5.11 Å². The van der Waals surface area contributed by atoms with Gasteiger partial charge in [0.15, 0.2) is 0 Å². The molecule has 94 valence electrons. The van der Waals surface area contributed by atoms with Crippen LogP contribution in [0.5, 0.6) is 5.75 Å². The van der Waals surface area contributed by atoms with Gasteiger partial charge in [-0.1, -0.05) is 26.0 Å². The average molecular weight is 234 g/mol. The van der Waals surface area contributed by atoms with Crippen LogP contribution in [0.25, 0.3) is 0 Å². The molecule has 1 fully saturated rings. The van der Waals surface area contributed by atoms with E-state index in [2.05, 4.69) is 26.0 Å². The normalized spacial score (nSPS) is 29.0. The van der Waals surface area contributed by atoms with Gasteiger partial charge in [-0.3, -0.25) is 0 Å². The van der Waals surface area contributed by atoms with Crippen LogP contribution >= 0.6 is 0 Å². The van der Waals surface area contributed by atoms with Gasteiger partial charge < -0.3 is 9.84 Å². The minimum absolute atomic E-state index is 0.0362. The maximum absolute atomic E-state index is 9.95. The third-order valence-corrected chi connectivity index (χ3v) is 3.61. The number of hydrogen-bond acceptors (Lipinski definition) is 2. The van der Waals surface area contributed by atoms with Gasteiger partial charge in [0, 0.05) is 0 Å². The summed E-state index contributed by atoms with van der Waals surface area (Å²) in [5.41, 5.74) is 1.28. The molecule has 2 heteroatoms. The fourth-order valence-electron chi connectivity index (χ4n) is 2.45. The summed E-state index contributed by atoms with van der Waals surface area (Å²) in [4.78, 5) is 0. The van der Waals surface area contributed by atoms with Gasteiger partial charge in [-0.15, -0.1) is 0 Å². The van der Waals surface area contributed by atoms with Gasteiger partial charge in [-0.05, 0) is 49.3 Å². The maximum Gasteiger partial charge on any atom is 0.125 e. The van der Waals surface area contributed by atoms with E-state index in [4.69, 9.17) is 4.74 Å². The fourth-order valence-corrected chi connectivity index (χ4v) is 2.45. The largest absolute Gasteiger partial charge is 0.488 e. The van der Waals surface area contributed by atoms with Crippen LogP contribution in [0.1, 0.15) is 38.7 Å². The Morgan fingerprint density at radius 3 is 2.94 bits per heavy atom. The summed E-state index contributed by atoms with van der Waals surface area (Å²) < 4.78 is 5.93. The van der Waals surface area contributed by atoms with Crippen molar-refractivity contribution in [2.75, 3.05) is 0 Å². The Labute approximate surface area is 104 Å². The molecule has 3 atom stereocenters. The summed E-state index contributed by atoms with van der Waals surface area (Å²) in [5, 5.41) is 9.95. The zero-order chi connectivity index (χ0) is 12.3. The summed E-state index contributed by atoms with van der Waals surface area (Å²) in [6, 6.07) is 8.18. The van der Waals surface area contributed by atoms with E-state index in [1.165, 1.54) is 5.56 Å². The van der Waals surface area contributed by atoms with Crippen molar-refractivity contribution in [3.8, 4) is 5.75 Å². The van der Waals surface area contributed by atoms with Crippen LogP contribution < -0.4 is 4.74 Å². The second-order valence-corrected chi connectivity index (χ2v) is 5.14. The van der Waals surface area contributed by atoms with Crippen LogP contribution in [0.3, 0.4) is 0 Å². The van der Waals surface area contributed by atoms with Gasteiger partial charge in [-0.25, -0.2) is 0 Å². The maximum atomic E-state index is 9.95. The standard InChI is InChI=1S/C15H22O2/c1-3-12-5-4-6-13(10-12)17-15-9-11(2)7-8-14(15)16/h4-6,10-11,14-16H,3,7-9H2,1-2H3. The minimum atomic E-state index is -0.309. The molecule has 1 aliphatic rings. The van der Waals surface area contributed by atoms with Gasteiger partial charge in [0.05, 0.1) is 6.10 Å². The Kier molecular flexibility index (Phi) is 4.06. The van der Waals surface area contributed by atoms with Crippen LogP contribution in [0.2, 0.25) is 0 Å². The van der Waals surface area contributed by atoms with Gasteiger partial charge in [0.1, 0.15) is 11.9 Å². The highest BCUT2D eigenvalue weighted by molar-refractivity contribution is 5.28. The van der Waals surface area contributed by atoms with Crippen molar-refractivity contribution in [1.82, 2.24) is 0 Å². The lowest BCUT2D eigenvalue weighted by Gasteiger charge is -2.32. The summed E-state index contributed by atoms with van der Waals surface area (Å²) in [6.45, 7) is 4.36. The number of aryl methyl sites for hydroxylation is 1. The minimum Gasteiger partial charge on any atom is -0.488 e. The van der Waals surface area contributed by atoms with Gasteiger partial charge in [0.25, 0.3) is 0 Å². The molecule has 0 saturated heterocycles. The lowest BCUT2D eigenvalue weighted by molar-refractivity contribution is -0.00761. The third kappa shape index (κ3) is 3.22. The van der Waals surface area contributed by atoms with Crippen molar-refractivity contribution >= 4 is 0 Å². The number of hydrogen-bond donors (Lipinski definition) is 1. The molecule has 1 aromatic carbocycles. The predicted molar refractivity (Wildman–Crippen MR) is 69.3 cm³/mol. The van der Waals surface area contributed by atoms with E-state index < -0.39 is 0 Å². The average Bonchev–Trinajstić information content (AvgIpc) is 2.34. The summed E-state index contributed by atoms with van der Waals surface area (Å²) in [7, 11) is 0. The summed E-state index contributed by atoms with van der Waals surface area (Å²) in [5.74, 6) is 1.54. The lowest BCUT2D eigenvalue weighted by atomic mass is 9.86. The van der Waals surface area contributed by atoms with Crippen molar-refractivity contribution in [3.63, 3.8) is 0 Å². The molecule has 0 aliphatic heterocycles. The molecule has 2 rings (SSSR count). The molecule has 3 unspecified atom stereocenters. The highest BCUT2D eigenvalue weighted by Gasteiger charge is 2.28. The Bertz CT molecular complexity index is 362. The van der Waals surface area contributed by atoms with Crippen LogP contribution in [-0.2, 0) is 6.42 Å². The first kappa shape index (κ1) is 12.4. The monoisotopic (exact) mass is 234 g/mol. The molecule has 0 aromatic heterocycles. The van der Waals surface area contributed by atoms with Crippen molar-refractivity contribution in [1.29, 1.82) is 0 Å². The molecule has 0 radical (unpaired) electrons. The Morgan fingerprint density at radius 2 is 2.18 bits per heavy atom. The zero-order valence-electron chi connectivity index (χ0n) is 10.7. The number of aliphatic hydroxyl groups is 1. The molecule has 0 heterocycles. The number of aliphatic hydroxyl groups excluding tert-OH is 1.